The fraction of sp³-hybridized carbons (Fsp3) is 0.455. The predicted molar refractivity (Wildman–Crippen MR) is 63.9 cm³/mol. The summed E-state index contributed by atoms with van der Waals surface area (Å²) in [6.07, 6.45) is 0.664. The van der Waals surface area contributed by atoms with Crippen molar-refractivity contribution in [3.63, 3.8) is 0 Å². The van der Waals surface area contributed by atoms with Crippen molar-refractivity contribution < 1.29 is 4.79 Å². The Hall–Kier alpha value is -1.29. The Labute approximate surface area is 99.0 Å². The van der Waals surface area contributed by atoms with Gasteiger partial charge in [-0.05, 0) is 26.3 Å². The largest absolute Gasteiger partial charge is 0.346 e. The lowest BCUT2D eigenvalue weighted by Crippen LogP contribution is -2.44. The number of carbonyl (C=O) groups excluding carboxylic acids is 1. The summed E-state index contributed by atoms with van der Waals surface area (Å²) in [5.74, 6) is 0.173. The zero-order chi connectivity index (χ0) is 12.2. The van der Waals surface area contributed by atoms with E-state index >= 15 is 0 Å². The van der Waals surface area contributed by atoms with E-state index in [2.05, 4.69) is 10.3 Å². The predicted octanol–water partition coefficient (Wildman–Crippen LogP) is 1.51. The van der Waals surface area contributed by atoms with Gasteiger partial charge in [0.15, 0.2) is 0 Å². The topological polar surface area (TPSA) is 62.0 Å². The molecule has 4 nitrogen and oxygen atoms in total. The van der Waals surface area contributed by atoms with Crippen LogP contribution in [0.4, 0.5) is 0 Å². The minimum atomic E-state index is -0.383. The number of hydrogen-bond donors (Lipinski definition) is 2. The summed E-state index contributed by atoms with van der Waals surface area (Å²) in [7, 11) is 0. The van der Waals surface area contributed by atoms with E-state index in [9.17, 15) is 9.59 Å². The van der Waals surface area contributed by atoms with Gasteiger partial charge in [0.05, 0.1) is 0 Å². The highest BCUT2D eigenvalue weighted by Gasteiger charge is 2.20. The van der Waals surface area contributed by atoms with Crippen LogP contribution in [-0.4, -0.2) is 22.3 Å². The smallest absolute Gasteiger partial charge is 0.268 e. The first-order valence-corrected chi connectivity index (χ1v) is 5.56. The number of carbonyl (C=O) groups is 1. The molecule has 0 aliphatic rings. The molecule has 0 fully saturated rings. The van der Waals surface area contributed by atoms with E-state index in [-0.39, 0.29) is 22.7 Å². The van der Waals surface area contributed by atoms with E-state index in [1.807, 2.05) is 13.8 Å². The van der Waals surface area contributed by atoms with Gasteiger partial charge in [-0.2, -0.15) is 0 Å². The summed E-state index contributed by atoms with van der Waals surface area (Å²) < 4.78 is 0. The summed E-state index contributed by atoms with van der Waals surface area (Å²) in [4.78, 5) is 25.3. The lowest BCUT2D eigenvalue weighted by Gasteiger charge is -2.25. The molecule has 1 rings (SSSR count). The fourth-order valence-electron chi connectivity index (χ4n) is 1.25. The van der Waals surface area contributed by atoms with Crippen LogP contribution in [0.5, 0.6) is 0 Å². The van der Waals surface area contributed by atoms with Gasteiger partial charge in [-0.1, -0.05) is 6.07 Å². The van der Waals surface area contributed by atoms with Crippen LogP contribution >= 0.6 is 11.6 Å². The van der Waals surface area contributed by atoms with E-state index in [1.165, 1.54) is 6.07 Å². The van der Waals surface area contributed by atoms with Gasteiger partial charge in [0.25, 0.3) is 5.91 Å². The molecule has 0 spiro atoms. The highest BCUT2D eigenvalue weighted by molar-refractivity contribution is 6.17. The quantitative estimate of drug-likeness (QED) is 0.787. The number of halogens is 1. The molecular formula is C11H15ClN2O2. The zero-order valence-electron chi connectivity index (χ0n) is 9.34. The number of aromatic nitrogens is 1. The first-order valence-electron chi connectivity index (χ1n) is 5.02. The Morgan fingerprint density at radius 3 is 2.75 bits per heavy atom. The Morgan fingerprint density at radius 2 is 2.19 bits per heavy atom. The van der Waals surface area contributed by atoms with Crippen molar-refractivity contribution in [3.8, 4) is 0 Å². The van der Waals surface area contributed by atoms with Crippen LogP contribution in [0, 0.1) is 0 Å². The molecule has 0 unspecified atom stereocenters. The molecule has 2 N–H and O–H groups in total. The molecule has 0 bridgehead atoms. The van der Waals surface area contributed by atoms with E-state index in [1.54, 1.807) is 12.1 Å². The van der Waals surface area contributed by atoms with E-state index in [0.717, 1.165) is 0 Å². The molecule has 16 heavy (non-hydrogen) atoms. The molecular weight excluding hydrogens is 228 g/mol. The van der Waals surface area contributed by atoms with Gasteiger partial charge in [-0.15, -0.1) is 11.6 Å². The normalized spacial score (nSPS) is 11.2. The van der Waals surface area contributed by atoms with Gasteiger partial charge in [0.2, 0.25) is 5.56 Å². The van der Waals surface area contributed by atoms with Crippen molar-refractivity contribution in [1.29, 1.82) is 0 Å². The van der Waals surface area contributed by atoms with Crippen LogP contribution in [-0.2, 0) is 0 Å². The SMILES string of the molecule is CC(C)(CCCl)NC(=O)c1cccc(=O)[nH]1. The van der Waals surface area contributed by atoms with Crippen molar-refractivity contribution in [2.75, 3.05) is 5.88 Å². The minimum Gasteiger partial charge on any atom is -0.346 e. The van der Waals surface area contributed by atoms with Crippen molar-refractivity contribution in [2.45, 2.75) is 25.8 Å². The maximum atomic E-state index is 11.8. The Bertz CT molecular complexity index is 426. The maximum Gasteiger partial charge on any atom is 0.268 e. The number of pyridine rings is 1. The molecule has 1 amide bonds. The summed E-state index contributed by atoms with van der Waals surface area (Å²) in [5.41, 5.74) is -0.413. The average Bonchev–Trinajstić information content (AvgIpc) is 2.16. The first kappa shape index (κ1) is 12.8. The second-order valence-corrected chi connectivity index (χ2v) is 4.58. The number of H-pyrrole nitrogens is 1. The summed E-state index contributed by atoms with van der Waals surface area (Å²) in [6.45, 7) is 3.77. The third-order valence-electron chi connectivity index (χ3n) is 2.18. The van der Waals surface area contributed by atoms with E-state index in [4.69, 9.17) is 11.6 Å². The fourth-order valence-corrected chi connectivity index (χ4v) is 1.73. The molecule has 5 heteroatoms. The van der Waals surface area contributed by atoms with Crippen molar-refractivity contribution >= 4 is 17.5 Å². The van der Waals surface area contributed by atoms with Crippen LogP contribution in [0.3, 0.4) is 0 Å². The van der Waals surface area contributed by atoms with Gasteiger partial charge in [-0.25, -0.2) is 0 Å². The number of alkyl halides is 1. The van der Waals surface area contributed by atoms with Gasteiger partial charge in [-0.3, -0.25) is 9.59 Å². The molecule has 1 heterocycles. The molecule has 0 aromatic carbocycles. The first-order chi connectivity index (χ1) is 7.44. The zero-order valence-corrected chi connectivity index (χ0v) is 10.1. The number of nitrogens with one attached hydrogen (secondary N) is 2. The molecule has 0 saturated heterocycles. The van der Waals surface area contributed by atoms with Crippen molar-refractivity contribution in [2.24, 2.45) is 0 Å². The molecule has 1 aromatic heterocycles. The van der Waals surface area contributed by atoms with E-state index < -0.39 is 0 Å². The number of amides is 1. The van der Waals surface area contributed by atoms with Gasteiger partial charge in [0, 0.05) is 17.5 Å². The standard InChI is InChI=1S/C11H15ClN2O2/c1-11(2,6-7-12)14-10(16)8-4-3-5-9(15)13-8/h3-5H,6-7H2,1-2H3,(H,13,15)(H,14,16). The van der Waals surface area contributed by atoms with Gasteiger partial charge in [0.1, 0.15) is 5.69 Å². The van der Waals surface area contributed by atoms with Gasteiger partial charge >= 0.3 is 0 Å². The Kier molecular flexibility index (Phi) is 4.12. The van der Waals surface area contributed by atoms with Crippen LogP contribution in [0.1, 0.15) is 30.8 Å². The molecule has 88 valence electrons. The lowest BCUT2D eigenvalue weighted by molar-refractivity contribution is 0.0906. The minimum absolute atomic E-state index is 0.259. The van der Waals surface area contributed by atoms with Crippen LogP contribution < -0.4 is 10.9 Å². The molecule has 1 aromatic rings. The monoisotopic (exact) mass is 242 g/mol. The number of rotatable bonds is 4. The highest BCUT2D eigenvalue weighted by atomic mass is 35.5. The maximum absolute atomic E-state index is 11.8. The van der Waals surface area contributed by atoms with Gasteiger partial charge < -0.3 is 10.3 Å². The lowest BCUT2D eigenvalue weighted by atomic mass is 10.0. The highest BCUT2D eigenvalue weighted by Crippen LogP contribution is 2.10. The second kappa shape index (κ2) is 5.16. The molecule has 0 saturated carbocycles. The molecule has 0 aliphatic carbocycles. The van der Waals surface area contributed by atoms with E-state index in [0.29, 0.717) is 12.3 Å². The number of aromatic amines is 1. The van der Waals surface area contributed by atoms with Crippen LogP contribution in [0.25, 0.3) is 0 Å². The molecule has 0 radical (unpaired) electrons. The Balaban J connectivity index is 2.76. The molecule has 0 aliphatic heterocycles. The third-order valence-corrected chi connectivity index (χ3v) is 2.37. The van der Waals surface area contributed by atoms with Crippen LogP contribution in [0.15, 0.2) is 23.0 Å². The van der Waals surface area contributed by atoms with Crippen molar-refractivity contribution in [1.82, 2.24) is 10.3 Å². The average molecular weight is 243 g/mol. The summed E-state index contributed by atoms with van der Waals surface area (Å²) in [6, 6.07) is 4.47. The van der Waals surface area contributed by atoms with Crippen molar-refractivity contribution in [3.05, 3.63) is 34.2 Å². The van der Waals surface area contributed by atoms with Crippen LogP contribution in [0.2, 0.25) is 0 Å². The Morgan fingerprint density at radius 1 is 1.50 bits per heavy atom. The third kappa shape index (κ3) is 3.70. The summed E-state index contributed by atoms with van der Waals surface area (Å²) >= 11 is 5.63. The molecule has 0 atom stereocenters. The second-order valence-electron chi connectivity index (χ2n) is 4.21. The summed E-state index contributed by atoms with van der Waals surface area (Å²) in [5, 5.41) is 2.81. The number of hydrogen-bond acceptors (Lipinski definition) is 2.